The molecule has 0 unspecified atom stereocenters. The highest BCUT2D eigenvalue weighted by Gasteiger charge is 2.12. The number of amides is 1. The molecule has 0 radical (unpaired) electrons. The van der Waals surface area contributed by atoms with Gasteiger partial charge in [0.2, 0.25) is 0 Å². The van der Waals surface area contributed by atoms with Gasteiger partial charge in [-0.1, -0.05) is 18.2 Å². The van der Waals surface area contributed by atoms with Crippen molar-refractivity contribution in [3.8, 4) is 5.69 Å². The number of benzene rings is 1. The number of nitrogens with zero attached hydrogens (tertiary/aromatic N) is 2. The van der Waals surface area contributed by atoms with E-state index in [1.165, 1.54) is 0 Å². The maximum Gasteiger partial charge on any atom is 0.251 e. The number of carbonyl (C=O) groups excluding carboxylic acids is 1. The number of carbonyl (C=O) groups is 1. The van der Waals surface area contributed by atoms with E-state index in [-0.39, 0.29) is 5.91 Å². The van der Waals surface area contributed by atoms with Gasteiger partial charge in [-0.25, -0.2) is 0 Å². The molecule has 23 heavy (non-hydrogen) atoms. The summed E-state index contributed by atoms with van der Waals surface area (Å²) in [6.45, 7) is 4.66. The summed E-state index contributed by atoms with van der Waals surface area (Å²) in [6, 6.07) is 15.8. The standard InChI is InChI=1S/C19H19N3O/c1-14-12-17(13-21-19(23)16-8-10-20-11-9-16)15(2)22(14)18-6-4-3-5-7-18/h3-12H,13H2,1-2H3,(H,21,23). The van der Waals surface area contributed by atoms with E-state index >= 15 is 0 Å². The van der Waals surface area contributed by atoms with Crippen LogP contribution in [0.3, 0.4) is 0 Å². The number of aryl methyl sites for hydroxylation is 1. The minimum atomic E-state index is -0.0862. The maximum absolute atomic E-state index is 12.1. The smallest absolute Gasteiger partial charge is 0.251 e. The Morgan fingerprint density at radius 3 is 2.48 bits per heavy atom. The van der Waals surface area contributed by atoms with Crippen LogP contribution in [0.2, 0.25) is 0 Å². The van der Waals surface area contributed by atoms with Crippen molar-refractivity contribution < 1.29 is 4.79 Å². The number of para-hydroxylation sites is 1. The molecule has 1 amide bonds. The largest absolute Gasteiger partial charge is 0.348 e. The molecule has 4 heteroatoms. The Balaban J connectivity index is 1.79. The summed E-state index contributed by atoms with van der Waals surface area (Å²) in [4.78, 5) is 16.1. The average molecular weight is 305 g/mol. The van der Waals surface area contributed by atoms with Crippen LogP contribution in [0.4, 0.5) is 0 Å². The topological polar surface area (TPSA) is 46.9 Å². The molecule has 0 atom stereocenters. The molecule has 0 fully saturated rings. The molecule has 0 spiro atoms. The lowest BCUT2D eigenvalue weighted by atomic mass is 10.2. The van der Waals surface area contributed by atoms with Gasteiger partial charge in [0.15, 0.2) is 0 Å². The van der Waals surface area contributed by atoms with Crippen molar-refractivity contribution in [3.05, 3.63) is 83.4 Å². The first-order valence-corrected chi connectivity index (χ1v) is 7.58. The van der Waals surface area contributed by atoms with Crippen LogP contribution >= 0.6 is 0 Å². The van der Waals surface area contributed by atoms with Crippen LogP contribution in [0.1, 0.15) is 27.3 Å². The molecule has 0 saturated heterocycles. The second-order valence-corrected chi connectivity index (χ2v) is 5.49. The lowest BCUT2D eigenvalue weighted by Crippen LogP contribution is -2.23. The Morgan fingerprint density at radius 2 is 1.78 bits per heavy atom. The molecule has 0 aliphatic heterocycles. The summed E-state index contributed by atoms with van der Waals surface area (Å²) in [6.07, 6.45) is 3.24. The fraction of sp³-hybridized carbons (Fsp3) is 0.158. The van der Waals surface area contributed by atoms with Crippen molar-refractivity contribution in [2.24, 2.45) is 0 Å². The second-order valence-electron chi connectivity index (χ2n) is 5.49. The zero-order valence-electron chi connectivity index (χ0n) is 13.3. The first-order valence-electron chi connectivity index (χ1n) is 7.58. The molecule has 1 N–H and O–H groups in total. The van der Waals surface area contributed by atoms with E-state index in [0.717, 1.165) is 22.6 Å². The highest BCUT2D eigenvalue weighted by molar-refractivity contribution is 5.93. The normalized spacial score (nSPS) is 10.5. The number of aromatic nitrogens is 2. The van der Waals surface area contributed by atoms with Crippen molar-refractivity contribution in [3.63, 3.8) is 0 Å². The van der Waals surface area contributed by atoms with Crippen LogP contribution in [0.15, 0.2) is 60.9 Å². The Labute approximate surface area is 135 Å². The van der Waals surface area contributed by atoms with Gasteiger partial charge in [-0.3, -0.25) is 9.78 Å². The van der Waals surface area contributed by atoms with E-state index in [1.54, 1.807) is 24.5 Å². The number of nitrogens with one attached hydrogen (secondary N) is 1. The Kier molecular flexibility index (Phi) is 4.24. The van der Waals surface area contributed by atoms with Crippen LogP contribution in [-0.2, 0) is 6.54 Å². The highest BCUT2D eigenvalue weighted by atomic mass is 16.1. The molecule has 2 heterocycles. The summed E-state index contributed by atoms with van der Waals surface area (Å²) in [5, 5.41) is 2.97. The van der Waals surface area contributed by atoms with Crippen molar-refractivity contribution in [1.82, 2.24) is 14.9 Å². The van der Waals surface area contributed by atoms with E-state index in [2.05, 4.69) is 46.9 Å². The van der Waals surface area contributed by atoms with Gasteiger partial charge >= 0.3 is 0 Å². The lowest BCUT2D eigenvalue weighted by Gasteiger charge is -2.10. The Morgan fingerprint density at radius 1 is 1.09 bits per heavy atom. The van der Waals surface area contributed by atoms with Gasteiger partial charge in [-0.05, 0) is 49.7 Å². The highest BCUT2D eigenvalue weighted by Crippen LogP contribution is 2.20. The fourth-order valence-corrected chi connectivity index (χ4v) is 2.76. The monoisotopic (exact) mass is 305 g/mol. The van der Waals surface area contributed by atoms with E-state index in [0.29, 0.717) is 12.1 Å². The zero-order chi connectivity index (χ0) is 16.2. The van der Waals surface area contributed by atoms with Gasteiger partial charge in [-0.15, -0.1) is 0 Å². The molecule has 0 aliphatic rings. The van der Waals surface area contributed by atoms with Crippen molar-refractivity contribution in [2.75, 3.05) is 0 Å². The van der Waals surface area contributed by atoms with Crippen LogP contribution in [0.25, 0.3) is 5.69 Å². The molecule has 1 aromatic carbocycles. The Bertz CT molecular complexity index is 807. The molecule has 2 aromatic heterocycles. The summed E-state index contributed by atoms with van der Waals surface area (Å²) in [5.74, 6) is -0.0862. The summed E-state index contributed by atoms with van der Waals surface area (Å²) >= 11 is 0. The SMILES string of the molecule is Cc1cc(CNC(=O)c2ccncc2)c(C)n1-c1ccccc1. The summed E-state index contributed by atoms with van der Waals surface area (Å²) in [5.41, 5.74) is 5.17. The predicted molar refractivity (Wildman–Crippen MR) is 90.7 cm³/mol. The maximum atomic E-state index is 12.1. The summed E-state index contributed by atoms with van der Waals surface area (Å²) < 4.78 is 2.20. The van der Waals surface area contributed by atoms with Crippen molar-refractivity contribution >= 4 is 5.91 Å². The third-order valence-electron chi connectivity index (χ3n) is 3.93. The van der Waals surface area contributed by atoms with E-state index in [1.807, 2.05) is 18.2 Å². The second kappa shape index (κ2) is 6.48. The van der Waals surface area contributed by atoms with Gasteiger partial charge in [0.1, 0.15) is 0 Å². The zero-order valence-corrected chi connectivity index (χ0v) is 13.3. The quantitative estimate of drug-likeness (QED) is 0.803. The van der Waals surface area contributed by atoms with Gasteiger partial charge in [0, 0.05) is 41.6 Å². The number of pyridine rings is 1. The van der Waals surface area contributed by atoms with Crippen LogP contribution < -0.4 is 5.32 Å². The number of hydrogen-bond acceptors (Lipinski definition) is 2. The van der Waals surface area contributed by atoms with E-state index in [4.69, 9.17) is 0 Å². The third-order valence-corrected chi connectivity index (χ3v) is 3.93. The van der Waals surface area contributed by atoms with Crippen LogP contribution in [0.5, 0.6) is 0 Å². The summed E-state index contributed by atoms with van der Waals surface area (Å²) in [7, 11) is 0. The molecule has 0 saturated carbocycles. The first-order chi connectivity index (χ1) is 11.2. The van der Waals surface area contributed by atoms with Crippen LogP contribution in [0, 0.1) is 13.8 Å². The molecule has 3 rings (SSSR count). The molecule has 0 aliphatic carbocycles. The van der Waals surface area contributed by atoms with E-state index in [9.17, 15) is 4.79 Å². The third kappa shape index (κ3) is 3.16. The number of hydrogen-bond donors (Lipinski definition) is 1. The predicted octanol–water partition coefficient (Wildman–Crippen LogP) is 3.42. The molecular formula is C19H19N3O. The molecule has 116 valence electrons. The van der Waals surface area contributed by atoms with Crippen molar-refractivity contribution in [1.29, 1.82) is 0 Å². The van der Waals surface area contributed by atoms with Gasteiger partial charge in [-0.2, -0.15) is 0 Å². The minimum absolute atomic E-state index is 0.0862. The molecule has 4 nitrogen and oxygen atoms in total. The van der Waals surface area contributed by atoms with Crippen molar-refractivity contribution in [2.45, 2.75) is 20.4 Å². The first kappa shape index (κ1) is 15.0. The molecule has 0 bridgehead atoms. The average Bonchev–Trinajstić information content (AvgIpc) is 2.88. The lowest BCUT2D eigenvalue weighted by molar-refractivity contribution is 0.0951. The molecular weight excluding hydrogens is 286 g/mol. The molecule has 3 aromatic rings. The fourth-order valence-electron chi connectivity index (χ4n) is 2.76. The van der Waals surface area contributed by atoms with Gasteiger partial charge < -0.3 is 9.88 Å². The van der Waals surface area contributed by atoms with E-state index < -0.39 is 0 Å². The van der Waals surface area contributed by atoms with Gasteiger partial charge in [0.25, 0.3) is 5.91 Å². The minimum Gasteiger partial charge on any atom is -0.348 e. The van der Waals surface area contributed by atoms with Gasteiger partial charge in [0.05, 0.1) is 0 Å². The number of rotatable bonds is 4. The van der Waals surface area contributed by atoms with Crippen LogP contribution in [-0.4, -0.2) is 15.5 Å². The Hall–Kier alpha value is -2.88.